The number of rotatable bonds is 3. The smallest absolute Gasteiger partial charge is 0.254 e. The van der Waals surface area contributed by atoms with Gasteiger partial charge in [-0.25, -0.2) is 4.98 Å². The normalized spacial score (nSPS) is 10.8. The molecule has 0 aliphatic heterocycles. The highest BCUT2D eigenvalue weighted by Gasteiger charge is 2.11. The number of anilines is 1. The van der Waals surface area contributed by atoms with Crippen molar-refractivity contribution >= 4 is 16.7 Å². The summed E-state index contributed by atoms with van der Waals surface area (Å²) in [4.78, 5) is 8.64. The second-order valence-electron chi connectivity index (χ2n) is 3.84. The van der Waals surface area contributed by atoms with E-state index in [0.717, 1.165) is 0 Å². The van der Waals surface area contributed by atoms with E-state index in [1.807, 2.05) is 25.1 Å². The summed E-state index contributed by atoms with van der Waals surface area (Å²) in [6.07, 6.45) is 3.22. The Bertz CT molecular complexity index is 710. The fourth-order valence-corrected chi connectivity index (χ4v) is 1.86. The van der Waals surface area contributed by atoms with Crippen LogP contribution in [0.3, 0.4) is 0 Å². The molecule has 1 aromatic carbocycles. The van der Waals surface area contributed by atoms with Crippen molar-refractivity contribution in [1.29, 1.82) is 0 Å². The van der Waals surface area contributed by atoms with Gasteiger partial charge in [-0.3, -0.25) is 0 Å². The van der Waals surface area contributed by atoms with Crippen LogP contribution in [0.5, 0.6) is 5.75 Å². The monoisotopic (exact) mass is 256 g/mol. The van der Waals surface area contributed by atoms with Crippen LogP contribution in [-0.2, 0) is 0 Å². The lowest BCUT2D eigenvalue weighted by molar-refractivity contribution is 0.344. The van der Waals surface area contributed by atoms with Crippen LogP contribution in [0.25, 0.3) is 16.9 Å². The van der Waals surface area contributed by atoms with Gasteiger partial charge in [0.2, 0.25) is 0 Å². The second kappa shape index (κ2) is 4.52. The van der Waals surface area contributed by atoms with Gasteiger partial charge in [-0.1, -0.05) is 11.3 Å². The minimum absolute atomic E-state index is 0.361. The molecule has 2 N–H and O–H groups in total. The number of benzene rings is 1. The first-order valence-corrected chi connectivity index (χ1v) is 5.85. The Balaban J connectivity index is 2.22. The quantitative estimate of drug-likeness (QED) is 0.756. The summed E-state index contributed by atoms with van der Waals surface area (Å²) < 4.78 is 7.00. The third kappa shape index (κ3) is 1.95. The number of hydrogen-bond acceptors (Lipinski definition) is 6. The lowest BCUT2D eigenvalue weighted by Gasteiger charge is -2.09. The van der Waals surface area contributed by atoms with Gasteiger partial charge in [0.25, 0.3) is 5.95 Å². The second-order valence-corrected chi connectivity index (χ2v) is 3.84. The number of nitrogens with two attached hydrogens (primary N) is 1. The fourth-order valence-electron chi connectivity index (χ4n) is 1.86. The van der Waals surface area contributed by atoms with Crippen LogP contribution < -0.4 is 10.5 Å². The van der Waals surface area contributed by atoms with Crippen molar-refractivity contribution < 1.29 is 4.74 Å². The van der Waals surface area contributed by atoms with Gasteiger partial charge in [0.1, 0.15) is 11.6 Å². The summed E-state index contributed by atoms with van der Waals surface area (Å²) in [6.45, 7) is 2.48. The van der Waals surface area contributed by atoms with Crippen LogP contribution in [0.15, 0.2) is 30.6 Å². The summed E-state index contributed by atoms with van der Waals surface area (Å²) in [5.74, 6) is 1.43. The van der Waals surface area contributed by atoms with Crippen LogP contribution in [-0.4, -0.2) is 31.6 Å². The van der Waals surface area contributed by atoms with Gasteiger partial charge in [-0.2, -0.15) is 9.67 Å². The predicted octanol–water partition coefficient (Wildman–Crippen LogP) is 1.19. The first kappa shape index (κ1) is 11.4. The molecule has 0 bridgehead atoms. The van der Waals surface area contributed by atoms with E-state index in [2.05, 4.69) is 20.3 Å². The predicted molar refractivity (Wildman–Crippen MR) is 70.0 cm³/mol. The Labute approximate surface area is 109 Å². The molecule has 0 aliphatic carbocycles. The first-order valence-electron chi connectivity index (χ1n) is 5.85. The molecule has 0 fully saturated rings. The number of hydrogen-bond donors (Lipinski definition) is 1. The molecule has 2 heterocycles. The Morgan fingerprint density at radius 3 is 2.95 bits per heavy atom. The SMILES string of the molecule is CCOc1cccc2nc(-n3ccnn3)nc(N)c12. The standard InChI is InChI=1S/C12H12N6O/c1-2-19-9-5-3-4-8-10(9)11(13)16-12(15-8)18-7-6-14-17-18/h3-7H,2H2,1H3,(H2,13,15,16). The number of nitrogens with zero attached hydrogens (tertiary/aromatic N) is 5. The van der Waals surface area contributed by atoms with E-state index in [-0.39, 0.29) is 0 Å². The van der Waals surface area contributed by atoms with E-state index in [9.17, 15) is 0 Å². The maximum Gasteiger partial charge on any atom is 0.254 e. The molecule has 96 valence electrons. The molecule has 2 aromatic heterocycles. The Morgan fingerprint density at radius 2 is 2.21 bits per heavy atom. The minimum atomic E-state index is 0.361. The highest BCUT2D eigenvalue weighted by Crippen LogP contribution is 2.28. The van der Waals surface area contributed by atoms with Crippen molar-refractivity contribution in [3.8, 4) is 11.7 Å². The lowest BCUT2D eigenvalue weighted by atomic mass is 10.2. The summed E-state index contributed by atoms with van der Waals surface area (Å²) in [5.41, 5.74) is 6.71. The summed E-state index contributed by atoms with van der Waals surface area (Å²) in [5, 5.41) is 8.29. The van der Waals surface area contributed by atoms with Crippen LogP contribution in [0.2, 0.25) is 0 Å². The van der Waals surface area contributed by atoms with E-state index in [1.54, 1.807) is 12.4 Å². The molecule has 0 spiro atoms. The zero-order valence-electron chi connectivity index (χ0n) is 10.3. The molecule has 0 saturated carbocycles. The number of ether oxygens (including phenoxy) is 1. The van der Waals surface area contributed by atoms with Gasteiger partial charge in [0, 0.05) is 0 Å². The largest absolute Gasteiger partial charge is 0.493 e. The van der Waals surface area contributed by atoms with E-state index in [1.165, 1.54) is 4.68 Å². The van der Waals surface area contributed by atoms with Gasteiger partial charge in [-0.15, -0.1) is 5.10 Å². The van der Waals surface area contributed by atoms with E-state index >= 15 is 0 Å². The molecule has 0 amide bonds. The van der Waals surface area contributed by atoms with Crippen LogP contribution in [0.1, 0.15) is 6.92 Å². The fraction of sp³-hybridized carbons (Fsp3) is 0.167. The number of nitrogen functional groups attached to an aromatic ring is 1. The average molecular weight is 256 g/mol. The Hall–Kier alpha value is -2.70. The molecule has 0 unspecified atom stereocenters. The molecular formula is C12H12N6O. The van der Waals surface area contributed by atoms with E-state index in [4.69, 9.17) is 10.5 Å². The van der Waals surface area contributed by atoms with Crippen molar-refractivity contribution in [3.05, 3.63) is 30.6 Å². The summed E-state index contributed by atoms with van der Waals surface area (Å²) >= 11 is 0. The van der Waals surface area contributed by atoms with Crippen LogP contribution >= 0.6 is 0 Å². The van der Waals surface area contributed by atoms with Gasteiger partial charge in [-0.05, 0) is 19.1 Å². The maximum atomic E-state index is 6.00. The van der Waals surface area contributed by atoms with Gasteiger partial charge < -0.3 is 10.5 Å². The number of fused-ring (bicyclic) bond motifs is 1. The first-order chi connectivity index (χ1) is 9.29. The van der Waals surface area contributed by atoms with E-state index < -0.39 is 0 Å². The molecule has 0 saturated heterocycles. The highest BCUT2D eigenvalue weighted by atomic mass is 16.5. The maximum absolute atomic E-state index is 6.00. The zero-order valence-corrected chi connectivity index (χ0v) is 10.3. The van der Waals surface area contributed by atoms with Crippen LogP contribution in [0, 0.1) is 0 Å². The highest BCUT2D eigenvalue weighted by molar-refractivity contribution is 5.94. The minimum Gasteiger partial charge on any atom is -0.493 e. The lowest BCUT2D eigenvalue weighted by Crippen LogP contribution is -2.06. The molecule has 0 atom stereocenters. The third-order valence-corrected chi connectivity index (χ3v) is 2.63. The average Bonchev–Trinajstić information content (AvgIpc) is 2.92. The van der Waals surface area contributed by atoms with Crippen molar-refractivity contribution in [2.75, 3.05) is 12.3 Å². The molecule has 19 heavy (non-hydrogen) atoms. The Kier molecular flexibility index (Phi) is 2.71. The molecule has 0 aliphatic rings. The van der Waals surface area contributed by atoms with Gasteiger partial charge in [0.15, 0.2) is 0 Å². The van der Waals surface area contributed by atoms with Crippen molar-refractivity contribution in [2.45, 2.75) is 6.92 Å². The van der Waals surface area contributed by atoms with Crippen molar-refractivity contribution in [2.24, 2.45) is 0 Å². The Morgan fingerprint density at radius 1 is 1.32 bits per heavy atom. The third-order valence-electron chi connectivity index (χ3n) is 2.63. The molecule has 3 aromatic rings. The topological polar surface area (TPSA) is 91.7 Å². The zero-order chi connectivity index (χ0) is 13.2. The molecule has 0 radical (unpaired) electrons. The van der Waals surface area contributed by atoms with E-state index in [0.29, 0.717) is 35.0 Å². The van der Waals surface area contributed by atoms with Crippen molar-refractivity contribution in [1.82, 2.24) is 25.0 Å². The summed E-state index contributed by atoms with van der Waals surface area (Å²) in [7, 11) is 0. The summed E-state index contributed by atoms with van der Waals surface area (Å²) in [6, 6.07) is 5.57. The van der Waals surface area contributed by atoms with Gasteiger partial charge in [0.05, 0.1) is 29.9 Å². The molecule has 7 heteroatoms. The molecule has 7 nitrogen and oxygen atoms in total. The van der Waals surface area contributed by atoms with Crippen LogP contribution in [0.4, 0.5) is 5.82 Å². The van der Waals surface area contributed by atoms with Crippen molar-refractivity contribution in [3.63, 3.8) is 0 Å². The van der Waals surface area contributed by atoms with Gasteiger partial charge >= 0.3 is 0 Å². The molecular weight excluding hydrogens is 244 g/mol. The number of aromatic nitrogens is 5. The molecule has 3 rings (SSSR count).